The van der Waals surface area contributed by atoms with E-state index in [0.29, 0.717) is 19.3 Å². The molecule has 0 spiro atoms. The molecule has 0 aliphatic rings. The second-order valence-corrected chi connectivity index (χ2v) is 14.3. The fraction of sp³-hybridized carbons (Fsp3) is 0.529. The summed E-state index contributed by atoms with van der Waals surface area (Å²) in [6.07, 6.45) is 60.8. The number of aliphatic hydroxyl groups is 2. The van der Waals surface area contributed by atoms with Crippen molar-refractivity contribution in [3.05, 3.63) is 134 Å². The Morgan fingerprint density at radius 2 is 0.947 bits per heavy atom. The summed E-state index contributed by atoms with van der Waals surface area (Å²) in [6, 6.07) is -0.748. The number of unbranched alkanes of at least 4 members (excludes halogenated alkanes) is 11. The molecule has 0 heterocycles. The molecule has 0 rings (SSSR count). The fourth-order valence-electron chi connectivity index (χ4n) is 5.73. The van der Waals surface area contributed by atoms with E-state index >= 15 is 0 Å². The van der Waals surface area contributed by atoms with E-state index in [9.17, 15) is 19.8 Å². The minimum Gasteiger partial charge on any atom is -0.462 e. The molecule has 0 saturated carbocycles. The van der Waals surface area contributed by atoms with Gasteiger partial charge >= 0.3 is 5.97 Å². The summed E-state index contributed by atoms with van der Waals surface area (Å²) in [5.74, 6) is -0.659. The number of allylic oxidation sites excluding steroid dienone is 22. The molecule has 0 bridgehead atoms. The third kappa shape index (κ3) is 38.6. The number of amides is 1. The predicted octanol–water partition coefficient (Wildman–Crippen LogP) is 12.7. The average Bonchev–Trinajstić information content (AvgIpc) is 3.20. The van der Waals surface area contributed by atoms with Crippen LogP contribution in [0.25, 0.3) is 0 Å². The molecule has 0 aromatic rings. The number of aliphatic hydroxyl groups excluding tert-OH is 2. The van der Waals surface area contributed by atoms with Gasteiger partial charge in [-0.1, -0.05) is 219 Å². The standard InChI is InChI=1S/C51H79NO5/c1-4-7-10-13-16-19-22-24-25-27-28-30-33-36-39-42-47(57-51(56)44-41-38-35-32-29-26-23-20-17-14-11-8-5-2)45-50(55)52-48(46-53)49(54)43-40-37-34-31-21-18-15-12-9-6-3/h7-8,10-11,13-14,16-17,19-20,22-30,32-33,35,47-49,53-54H,4-6,9,12,15,18,21,31,34,36-46H2,1-3H3,(H,52,55)/b10-7-,11-8+,16-13+,17-14+,22-19+,23-20-,25-24-,28-27+,29-26-,33-30+,35-32+. The number of rotatable bonds is 36. The van der Waals surface area contributed by atoms with Crippen molar-refractivity contribution in [2.45, 2.75) is 167 Å². The van der Waals surface area contributed by atoms with E-state index in [1.165, 1.54) is 44.9 Å². The molecule has 0 aromatic heterocycles. The van der Waals surface area contributed by atoms with Crippen LogP contribution in [0.4, 0.5) is 0 Å². The maximum atomic E-state index is 13.1. The van der Waals surface area contributed by atoms with Crippen molar-refractivity contribution >= 4 is 11.9 Å². The molecule has 57 heavy (non-hydrogen) atoms. The summed E-state index contributed by atoms with van der Waals surface area (Å²) in [5, 5.41) is 23.5. The van der Waals surface area contributed by atoms with Crippen molar-refractivity contribution in [1.29, 1.82) is 0 Å². The lowest BCUT2D eigenvalue weighted by Gasteiger charge is -2.24. The Kier molecular flexibility index (Phi) is 40.1. The molecule has 3 N–H and O–H groups in total. The highest BCUT2D eigenvalue weighted by Crippen LogP contribution is 2.15. The topological polar surface area (TPSA) is 95.9 Å². The molecule has 0 radical (unpaired) electrons. The van der Waals surface area contributed by atoms with E-state index < -0.39 is 18.2 Å². The second-order valence-electron chi connectivity index (χ2n) is 14.3. The number of ether oxygens (including phenoxy) is 1. The third-order valence-corrected chi connectivity index (χ3v) is 9.01. The predicted molar refractivity (Wildman–Crippen MR) is 245 cm³/mol. The largest absolute Gasteiger partial charge is 0.462 e. The molecule has 0 fully saturated rings. The first-order valence-corrected chi connectivity index (χ1v) is 22.1. The Morgan fingerprint density at radius 3 is 1.40 bits per heavy atom. The molecule has 318 valence electrons. The summed E-state index contributed by atoms with van der Waals surface area (Å²) in [4.78, 5) is 25.9. The molecule has 6 nitrogen and oxygen atoms in total. The van der Waals surface area contributed by atoms with Gasteiger partial charge in [0.05, 0.1) is 25.2 Å². The molecule has 3 unspecified atom stereocenters. The van der Waals surface area contributed by atoms with Crippen LogP contribution in [-0.2, 0) is 14.3 Å². The quantitative estimate of drug-likeness (QED) is 0.0334. The third-order valence-electron chi connectivity index (χ3n) is 9.01. The minimum atomic E-state index is -0.827. The Morgan fingerprint density at radius 1 is 0.526 bits per heavy atom. The monoisotopic (exact) mass is 786 g/mol. The highest BCUT2D eigenvalue weighted by atomic mass is 16.5. The fourth-order valence-corrected chi connectivity index (χ4v) is 5.73. The van der Waals surface area contributed by atoms with Crippen LogP contribution in [0.5, 0.6) is 0 Å². The summed E-state index contributed by atoms with van der Waals surface area (Å²) in [6.45, 7) is 6.10. The number of hydrogen-bond acceptors (Lipinski definition) is 5. The Labute approximate surface area is 348 Å². The van der Waals surface area contributed by atoms with E-state index in [1.807, 2.05) is 115 Å². The van der Waals surface area contributed by atoms with E-state index in [4.69, 9.17) is 4.74 Å². The van der Waals surface area contributed by atoms with Crippen molar-refractivity contribution in [1.82, 2.24) is 5.32 Å². The molecule has 6 heteroatoms. The van der Waals surface area contributed by atoms with Gasteiger partial charge in [0.2, 0.25) is 5.91 Å². The first-order valence-electron chi connectivity index (χ1n) is 22.1. The number of esters is 1. The molecular weight excluding hydrogens is 707 g/mol. The van der Waals surface area contributed by atoms with Crippen LogP contribution >= 0.6 is 0 Å². The lowest BCUT2D eigenvalue weighted by atomic mass is 10.0. The SMILES string of the molecule is CC\C=C/C=C/C=C/C=C\C=C\C=C\CCCC(CC(=O)NC(CO)C(O)CCCCCCCCCCCC)OC(=O)CCC/C=C/C=C\C=C/C=C/C=C/CC. The van der Waals surface area contributed by atoms with Crippen LogP contribution in [0.1, 0.15) is 149 Å². The van der Waals surface area contributed by atoms with E-state index in [2.05, 4.69) is 44.3 Å². The zero-order chi connectivity index (χ0) is 41.7. The smallest absolute Gasteiger partial charge is 0.306 e. The maximum Gasteiger partial charge on any atom is 0.306 e. The summed E-state index contributed by atoms with van der Waals surface area (Å²) in [7, 11) is 0. The molecule has 0 aromatic carbocycles. The summed E-state index contributed by atoms with van der Waals surface area (Å²) in [5.41, 5.74) is 0. The van der Waals surface area contributed by atoms with Gasteiger partial charge < -0.3 is 20.3 Å². The zero-order valence-corrected chi connectivity index (χ0v) is 35.9. The first kappa shape index (κ1) is 53.0. The molecular formula is C51H79NO5. The Hall–Kier alpha value is -4.00. The van der Waals surface area contributed by atoms with Gasteiger partial charge in [-0.05, 0) is 51.4 Å². The Balaban J connectivity index is 4.95. The van der Waals surface area contributed by atoms with Crippen LogP contribution in [0.15, 0.2) is 134 Å². The summed E-state index contributed by atoms with van der Waals surface area (Å²) >= 11 is 0. The van der Waals surface area contributed by atoms with Crippen LogP contribution < -0.4 is 5.32 Å². The van der Waals surface area contributed by atoms with Gasteiger partial charge in [0.25, 0.3) is 0 Å². The summed E-state index contributed by atoms with van der Waals surface area (Å²) < 4.78 is 5.82. The van der Waals surface area contributed by atoms with Crippen molar-refractivity contribution in [3.63, 3.8) is 0 Å². The minimum absolute atomic E-state index is 0.0124. The number of carbonyl (C=O) groups excluding carboxylic acids is 2. The molecule has 3 atom stereocenters. The van der Waals surface area contributed by atoms with E-state index in [-0.39, 0.29) is 31.3 Å². The van der Waals surface area contributed by atoms with Crippen LogP contribution in [0.2, 0.25) is 0 Å². The van der Waals surface area contributed by atoms with Gasteiger partial charge in [0.1, 0.15) is 6.10 Å². The van der Waals surface area contributed by atoms with Gasteiger partial charge in [-0.2, -0.15) is 0 Å². The molecule has 0 aliphatic carbocycles. The van der Waals surface area contributed by atoms with Crippen LogP contribution in [0, 0.1) is 0 Å². The lowest BCUT2D eigenvalue weighted by Crippen LogP contribution is -2.46. The van der Waals surface area contributed by atoms with E-state index in [1.54, 1.807) is 0 Å². The van der Waals surface area contributed by atoms with Crippen LogP contribution in [-0.4, -0.2) is 46.9 Å². The van der Waals surface area contributed by atoms with Crippen molar-refractivity contribution in [3.8, 4) is 0 Å². The van der Waals surface area contributed by atoms with E-state index in [0.717, 1.165) is 51.4 Å². The molecule has 0 aliphatic heterocycles. The van der Waals surface area contributed by atoms with Crippen molar-refractivity contribution in [2.75, 3.05) is 6.61 Å². The Bertz CT molecular complexity index is 1290. The normalized spacial score (nSPS) is 14.7. The van der Waals surface area contributed by atoms with Gasteiger partial charge in [0.15, 0.2) is 0 Å². The average molecular weight is 786 g/mol. The van der Waals surface area contributed by atoms with Crippen molar-refractivity contribution < 1.29 is 24.5 Å². The van der Waals surface area contributed by atoms with Crippen LogP contribution in [0.3, 0.4) is 0 Å². The molecule has 0 saturated heterocycles. The first-order chi connectivity index (χ1) is 28.0. The second kappa shape index (κ2) is 43.1. The zero-order valence-electron chi connectivity index (χ0n) is 35.9. The van der Waals surface area contributed by atoms with Gasteiger partial charge in [-0.25, -0.2) is 0 Å². The molecule has 1 amide bonds. The number of hydrogen-bond donors (Lipinski definition) is 3. The van der Waals surface area contributed by atoms with Gasteiger partial charge in [0, 0.05) is 6.42 Å². The number of carbonyl (C=O) groups is 2. The highest BCUT2D eigenvalue weighted by Gasteiger charge is 2.23. The van der Waals surface area contributed by atoms with Gasteiger partial charge in [-0.3, -0.25) is 9.59 Å². The highest BCUT2D eigenvalue weighted by molar-refractivity contribution is 5.77. The maximum absolute atomic E-state index is 13.1. The van der Waals surface area contributed by atoms with Crippen molar-refractivity contribution in [2.24, 2.45) is 0 Å². The number of nitrogens with one attached hydrogen (secondary N) is 1. The lowest BCUT2D eigenvalue weighted by molar-refractivity contribution is -0.151. The van der Waals surface area contributed by atoms with Gasteiger partial charge in [-0.15, -0.1) is 0 Å².